The van der Waals surface area contributed by atoms with Gasteiger partial charge >= 0.3 is 0 Å². The molecule has 0 aliphatic heterocycles. The van der Waals surface area contributed by atoms with E-state index in [0.717, 1.165) is 12.8 Å². The van der Waals surface area contributed by atoms with E-state index in [2.05, 4.69) is 5.32 Å². The minimum Gasteiger partial charge on any atom is -0.353 e. The highest BCUT2D eigenvalue weighted by molar-refractivity contribution is 5.81. The van der Waals surface area contributed by atoms with Gasteiger partial charge in [0, 0.05) is 13.1 Å². The minimum atomic E-state index is -0.418. The van der Waals surface area contributed by atoms with Gasteiger partial charge in [-0.3, -0.25) is 4.79 Å². The second-order valence-electron chi connectivity index (χ2n) is 2.97. The van der Waals surface area contributed by atoms with Gasteiger partial charge < -0.3 is 22.5 Å². The molecule has 0 rings (SSSR count). The second kappa shape index (κ2) is 7.97. The van der Waals surface area contributed by atoms with Gasteiger partial charge in [0.1, 0.15) is 0 Å². The maximum absolute atomic E-state index is 11.2. The van der Waals surface area contributed by atoms with Crippen LogP contribution in [-0.2, 0) is 4.79 Å². The molecule has 0 fully saturated rings. The maximum atomic E-state index is 11.2. The number of carbonyl (C=O) groups excluding carboxylic acids is 1. The zero-order valence-electron chi connectivity index (χ0n) is 7.96. The highest BCUT2D eigenvalue weighted by Gasteiger charge is 2.11. The second-order valence-corrected chi connectivity index (χ2v) is 2.97. The molecule has 0 aliphatic carbocycles. The number of nitrogens with two attached hydrogens (primary N) is 3. The Morgan fingerprint density at radius 2 is 1.92 bits per heavy atom. The molecule has 1 atom stereocenters. The van der Waals surface area contributed by atoms with Gasteiger partial charge in [0.25, 0.3) is 0 Å². The first-order valence-electron chi connectivity index (χ1n) is 4.65. The van der Waals surface area contributed by atoms with Gasteiger partial charge in [0.05, 0.1) is 6.04 Å². The SMILES string of the molecule is NCCCCC(N)C(=O)NCCN. The zero-order valence-corrected chi connectivity index (χ0v) is 7.96. The lowest BCUT2D eigenvalue weighted by Crippen LogP contribution is -2.42. The van der Waals surface area contributed by atoms with Crippen LogP contribution in [0.2, 0.25) is 0 Å². The first kappa shape index (κ1) is 12.3. The Bertz CT molecular complexity index is 140. The summed E-state index contributed by atoms with van der Waals surface area (Å²) in [4.78, 5) is 11.2. The van der Waals surface area contributed by atoms with E-state index in [1.807, 2.05) is 0 Å². The summed E-state index contributed by atoms with van der Waals surface area (Å²) in [6.07, 6.45) is 2.50. The van der Waals surface area contributed by atoms with E-state index in [1.165, 1.54) is 0 Å². The normalized spacial score (nSPS) is 12.5. The van der Waals surface area contributed by atoms with Crippen molar-refractivity contribution in [2.75, 3.05) is 19.6 Å². The molecule has 0 aromatic carbocycles. The molecule has 0 radical (unpaired) electrons. The summed E-state index contributed by atoms with van der Waals surface area (Å²) in [5, 5.41) is 2.64. The van der Waals surface area contributed by atoms with Gasteiger partial charge in [0.2, 0.25) is 5.91 Å². The molecule has 78 valence electrons. The lowest BCUT2D eigenvalue weighted by atomic mass is 10.1. The Hall–Kier alpha value is -0.650. The predicted octanol–water partition coefficient (Wildman–Crippen LogP) is -1.48. The summed E-state index contributed by atoms with van der Waals surface area (Å²) >= 11 is 0. The van der Waals surface area contributed by atoms with E-state index in [-0.39, 0.29) is 5.91 Å². The molecular formula is C8H20N4O. The molecule has 0 aromatic heterocycles. The van der Waals surface area contributed by atoms with E-state index >= 15 is 0 Å². The molecule has 0 spiro atoms. The van der Waals surface area contributed by atoms with E-state index in [4.69, 9.17) is 17.2 Å². The average Bonchev–Trinajstić information content (AvgIpc) is 2.14. The number of unbranched alkanes of at least 4 members (excludes halogenated alkanes) is 1. The monoisotopic (exact) mass is 188 g/mol. The molecule has 5 heteroatoms. The van der Waals surface area contributed by atoms with E-state index in [0.29, 0.717) is 26.1 Å². The first-order chi connectivity index (χ1) is 6.22. The molecule has 0 bridgehead atoms. The van der Waals surface area contributed by atoms with Gasteiger partial charge in [-0.1, -0.05) is 6.42 Å². The van der Waals surface area contributed by atoms with Crippen LogP contribution in [0.3, 0.4) is 0 Å². The number of hydrogen-bond acceptors (Lipinski definition) is 4. The van der Waals surface area contributed by atoms with Gasteiger partial charge in [-0.2, -0.15) is 0 Å². The van der Waals surface area contributed by atoms with Crippen LogP contribution in [0, 0.1) is 0 Å². The molecule has 1 unspecified atom stereocenters. The van der Waals surface area contributed by atoms with Crippen molar-refractivity contribution in [3.05, 3.63) is 0 Å². The van der Waals surface area contributed by atoms with Gasteiger partial charge in [-0.15, -0.1) is 0 Å². The number of amides is 1. The van der Waals surface area contributed by atoms with Gasteiger partial charge in [-0.05, 0) is 19.4 Å². The fourth-order valence-corrected chi connectivity index (χ4v) is 0.966. The summed E-state index contributed by atoms with van der Waals surface area (Å²) in [7, 11) is 0. The van der Waals surface area contributed by atoms with Crippen LogP contribution in [0.1, 0.15) is 19.3 Å². The number of carbonyl (C=O) groups is 1. The van der Waals surface area contributed by atoms with E-state index in [9.17, 15) is 4.79 Å². The Morgan fingerprint density at radius 3 is 2.46 bits per heavy atom. The smallest absolute Gasteiger partial charge is 0.236 e. The molecule has 0 heterocycles. The highest BCUT2D eigenvalue weighted by Crippen LogP contribution is 1.97. The fraction of sp³-hybridized carbons (Fsp3) is 0.875. The van der Waals surface area contributed by atoms with Crippen molar-refractivity contribution in [1.82, 2.24) is 5.32 Å². The Labute approximate surface area is 79.0 Å². The van der Waals surface area contributed by atoms with Crippen LogP contribution in [0.25, 0.3) is 0 Å². The molecule has 0 saturated carbocycles. The van der Waals surface area contributed by atoms with Crippen LogP contribution < -0.4 is 22.5 Å². The zero-order chi connectivity index (χ0) is 10.1. The highest BCUT2D eigenvalue weighted by atomic mass is 16.2. The van der Waals surface area contributed by atoms with E-state index < -0.39 is 6.04 Å². The number of hydrogen-bond donors (Lipinski definition) is 4. The van der Waals surface area contributed by atoms with Crippen LogP contribution >= 0.6 is 0 Å². The van der Waals surface area contributed by atoms with Crippen molar-refractivity contribution in [1.29, 1.82) is 0 Å². The van der Waals surface area contributed by atoms with Crippen molar-refractivity contribution >= 4 is 5.91 Å². The lowest BCUT2D eigenvalue weighted by Gasteiger charge is -2.10. The molecule has 0 saturated heterocycles. The molecule has 13 heavy (non-hydrogen) atoms. The predicted molar refractivity (Wildman–Crippen MR) is 52.9 cm³/mol. The van der Waals surface area contributed by atoms with Crippen LogP contribution in [0.5, 0.6) is 0 Å². The number of rotatable bonds is 7. The Kier molecular flexibility index (Phi) is 7.57. The summed E-state index contributed by atoms with van der Waals surface area (Å²) in [6, 6.07) is -0.418. The quantitative estimate of drug-likeness (QED) is 0.365. The van der Waals surface area contributed by atoms with Gasteiger partial charge in [-0.25, -0.2) is 0 Å². The molecule has 1 amide bonds. The first-order valence-corrected chi connectivity index (χ1v) is 4.65. The molecule has 7 N–H and O–H groups in total. The topological polar surface area (TPSA) is 107 Å². The van der Waals surface area contributed by atoms with Gasteiger partial charge in [0.15, 0.2) is 0 Å². The molecule has 5 nitrogen and oxygen atoms in total. The minimum absolute atomic E-state index is 0.123. The Balaban J connectivity index is 3.45. The number of nitrogens with one attached hydrogen (secondary N) is 1. The fourth-order valence-electron chi connectivity index (χ4n) is 0.966. The lowest BCUT2D eigenvalue weighted by molar-refractivity contribution is -0.122. The van der Waals surface area contributed by atoms with Crippen molar-refractivity contribution < 1.29 is 4.79 Å². The third-order valence-corrected chi connectivity index (χ3v) is 1.75. The summed E-state index contributed by atoms with van der Waals surface area (Å²) in [5.41, 5.74) is 16.1. The standard InChI is InChI=1S/C8H20N4O/c9-4-2-1-3-7(11)8(13)12-6-5-10/h7H,1-6,9-11H2,(H,12,13). The van der Waals surface area contributed by atoms with Crippen LogP contribution in [0.4, 0.5) is 0 Å². The largest absolute Gasteiger partial charge is 0.353 e. The molecule has 0 aliphatic rings. The van der Waals surface area contributed by atoms with Crippen LogP contribution in [0.15, 0.2) is 0 Å². The summed E-state index contributed by atoms with van der Waals surface area (Å²) in [6.45, 7) is 1.59. The summed E-state index contributed by atoms with van der Waals surface area (Å²) in [5.74, 6) is -0.123. The third-order valence-electron chi connectivity index (χ3n) is 1.75. The maximum Gasteiger partial charge on any atom is 0.236 e. The van der Waals surface area contributed by atoms with Crippen molar-refractivity contribution in [3.8, 4) is 0 Å². The third kappa shape index (κ3) is 6.51. The molecular weight excluding hydrogens is 168 g/mol. The van der Waals surface area contributed by atoms with Crippen molar-refractivity contribution in [3.63, 3.8) is 0 Å². The average molecular weight is 188 g/mol. The summed E-state index contributed by atoms with van der Waals surface area (Å²) < 4.78 is 0. The van der Waals surface area contributed by atoms with Crippen LogP contribution in [-0.4, -0.2) is 31.6 Å². The van der Waals surface area contributed by atoms with Crippen molar-refractivity contribution in [2.45, 2.75) is 25.3 Å². The van der Waals surface area contributed by atoms with Crippen molar-refractivity contribution in [2.24, 2.45) is 17.2 Å². The molecule has 0 aromatic rings. The Morgan fingerprint density at radius 1 is 1.23 bits per heavy atom. The van der Waals surface area contributed by atoms with E-state index in [1.54, 1.807) is 0 Å².